The maximum absolute atomic E-state index is 12.5. The lowest BCUT2D eigenvalue weighted by Gasteiger charge is -1.96. The minimum absolute atomic E-state index is 0.0208. The summed E-state index contributed by atoms with van der Waals surface area (Å²) in [6, 6.07) is 0. The van der Waals surface area contributed by atoms with Crippen molar-refractivity contribution < 1.29 is 9.18 Å². The monoisotopic (exact) mass is 190 g/mol. The van der Waals surface area contributed by atoms with Gasteiger partial charge in [0.15, 0.2) is 0 Å². The van der Waals surface area contributed by atoms with E-state index in [0.29, 0.717) is 0 Å². The van der Waals surface area contributed by atoms with Gasteiger partial charge in [0.2, 0.25) is 5.24 Å². The van der Waals surface area contributed by atoms with Crippen molar-refractivity contribution in [2.75, 3.05) is 0 Å². The first-order chi connectivity index (χ1) is 5.37. The first-order valence-corrected chi connectivity index (χ1v) is 4.28. The van der Waals surface area contributed by atoms with Gasteiger partial charge in [-0.3, -0.25) is 4.79 Å². The van der Waals surface area contributed by atoms with Crippen LogP contribution >= 0.6 is 11.6 Å². The van der Waals surface area contributed by atoms with Gasteiger partial charge in [-0.1, -0.05) is 13.8 Å². The van der Waals surface area contributed by atoms with Crippen molar-refractivity contribution >= 4 is 16.8 Å². The maximum atomic E-state index is 12.5. The van der Waals surface area contributed by atoms with E-state index in [2.05, 4.69) is 0 Å². The molecule has 1 saturated carbocycles. The quantitative estimate of drug-likeness (QED) is 0.612. The molecule has 1 aliphatic rings. The van der Waals surface area contributed by atoms with Crippen LogP contribution in [0.15, 0.2) is 11.9 Å². The summed E-state index contributed by atoms with van der Waals surface area (Å²) in [7, 11) is 0. The Morgan fingerprint density at radius 1 is 1.58 bits per heavy atom. The lowest BCUT2D eigenvalue weighted by Crippen LogP contribution is -1.96. The number of allylic oxidation sites excluding steroid dienone is 2. The van der Waals surface area contributed by atoms with Gasteiger partial charge < -0.3 is 0 Å². The molecule has 0 spiro atoms. The van der Waals surface area contributed by atoms with Gasteiger partial charge in [0.1, 0.15) is 0 Å². The minimum atomic E-state index is -0.359. The Morgan fingerprint density at radius 3 is 2.33 bits per heavy atom. The number of hydrogen-bond donors (Lipinski definition) is 0. The Labute approximate surface area is 76.6 Å². The number of carbonyl (C=O) groups excluding carboxylic acids is 1. The molecule has 1 fully saturated rings. The zero-order chi connectivity index (χ0) is 9.52. The van der Waals surface area contributed by atoms with E-state index in [9.17, 15) is 9.18 Å². The van der Waals surface area contributed by atoms with Gasteiger partial charge in [-0.05, 0) is 35.9 Å². The molecule has 0 bridgehead atoms. The van der Waals surface area contributed by atoms with E-state index in [1.54, 1.807) is 0 Å². The molecule has 1 rings (SSSR count). The summed E-state index contributed by atoms with van der Waals surface area (Å²) in [5.41, 5.74) is -0.161. The molecule has 0 amide bonds. The van der Waals surface area contributed by atoms with Crippen LogP contribution in [0.5, 0.6) is 0 Å². The van der Waals surface area contributed by atoms with Crippen LogP contribution in [0.2, 0.25) is 0 Å². The number of hydrogen-bond acceptors (Lipinski definition) is 1. The molecule has 3 heteroatoms. The molecule has 0 aliphatic heterocycles. The molecule has 0 aromatic heterocycles. The fourth-order valence-electron chi connectivity index (χ4n) is 1.67. The lowest BCUT2D eigenvalue weighted by molar-refractivity contribution is -0.113. The van der Waals surface area contributed by atoms with E-state index in [1.807, 2.05) is 13.8 Å². The SMILES string of the molecule is C/C(F)=C/C1C(C(=O)Cl)C1(C)C. The lowest BCUT2D eigenvalue weighted by atomic mass is 10.1. The first kappa shape index (κ1) is 9.72. The molecule has 68 valence electrons. The van der Waals surface area contributed by atoms with Gasteiger partial charge in [0.05, 0.1) is 5.83 Å². The van der Waals surface area contributed by atoms with E-state index < -0.39 is 0 Å². The second-order valence-electron chi connectivity index (χ2n) is 3.88. The van der Waals surface area contributed by atoms with Crippen molar-refractivity contribution in [3.63, 3.8) is 0 Å². The molecule has 0 saturated heterocycles. The van der Waals surface area contributed by atoms with Crippen LogP contribution in [-0.4, -0.2) is 5.24 Å². The number of halogens is 2. The van der Waals surface area contributed by atoms with Gasteiger partial charge >= 0.3 is 0 Å². The van der Waals surface area contributed by atoms with Crippen molar-refractivity contribution in [1.82, 2.24) is 0 Å². The predicted octanol–water partition coefficient (Wildman–Crippen LogP) is 2.90. The third kappa shape index (κ3) is 1.53. The molecule has 0 heterocycles. The average molecular weight is 191 g/mol. The van der Waals surface area contributed by atoms with Crippen molar-refractivity contribution in [2.45, 2.75) is 20.8 Å². The Morgan fingerprint density at radius 2 is 2.08 bits per heavy atom. The van der Waals surface area contributed by atoms with Crippen LogP contribution in [0.1, 0.15) is 20.8 Å². The summed E-state index contributed by atoms with van der Waals surface area (Å²) in [5, 5.41) is -0.359. The molecule has 12 heavy (non-hydrogen) atoms. The summed E-state index contributed by atoms with van der Waals surface area (Å²) in [4.78, 5) is 10.8. The normalized spacial score (nSPS) is 33.2. The third-order valence-corrected chi connectivity index (χ3v) is 2.80. The smallest absolute Gasteiger partial charge is 0.225 e. The molecule has 1 aliphatic carbocycles. The average Bonchev–Trinajstić information content (AvgIpc) is 2.32. The standard InChI is InChI=1S/C9H12ClFO/c1-5(11)4-6-7(8(10)12)9(6,2)3/h4,6-7H,1-3H3/b5-4-. The summed E-state index contributed by atoms with van der Waals surface area (Å²) < 4.78 is 12.5. The highest BCUT2D eigenvalue weighted by Gasteiger charge is 2.60. The molecule has 2 atom stereocenters. The van der Waals surface area contributed by atoms with E-state index >= 15 is 0 Å². The highest BCUT2D eigenvalue weighted by Crippen LogP contribution is 2.60. The molecule has 0 aromatic carbocycles. The first-order valence-electron chi connectivity index (χ1n) is 3.90. The number of carbonyl (C=O) groups is 1. The summed E-state index contributed by atoms with van der Waals surface area (Å²) in [6.07, 6.45) is 1.48. The van der Waals surface area contributed by atoms with Crippen LogP contribution in [0.25, 0.3) is 0 Å². The fraction of sp³-hybridized carbons (Fsp3) is 0.667. The van der Waals surface area contributed by atoms with E-state index in [0.717, 1.165) is 0 Å². The van der Waals surface area contributed by atoms with Gasteiger partial charge in [-0.25, -0.2) is 4.39 Å². The molecular weight excluding hydrogens is 179 g/mol. The highest BCUT2D eigenvalue weighted by atomic mass is 35.5. The van der Waals surface area contributed by atoms with E-state index in [1.165, 1.54) is 13.0 Å². The molecule has 2 unspecified atom stereocenters. The van der Waals surface area contributed by atoms with Crippen molar-refractivity contribution in [1.29, 1.82) is 0 Å². The highest BCUT2D eigenvalue weighted by molar-refractivity contribution is 6.64. The van der Waals surface area contributed by atoms with Crippen LogP contribution in [0, 0.1) is 17.3 Å². The third-order valence-electron chi connectivity index (χ3n) is 2.56. The zero-order valence-electron chi connectivity index (χ0n) is 7.40. The molecular formula is C9H12ClFO. The zero-order valence-corrected chi connectivity index (χ0v) is 8.15. The predicted molar refractivity (Wildman–Crippen MR) is 46.5 cm³/mol. The van der Waals surface area contributed by atoms with E-state index in [4.69, 9.17) is 11.6 Å². The van der Waals surface area contributed by atoms with Crippen molar-refractivity contribution in [3.8, 4) is 0 Å². The molecule has 0 radical (unpaired) electrons. The fourth-order valence-corrected chi connectivity index (χ4v) is 2.09. The van der Waals surface area contributed by atoms with Gasteiger partial charge in [-0.15, -0.1) is 0 Å². The summed E-state index contributed by atoms with van der Waals surface area (Å²) >= 11 is 5.35. The van der Waals surface area contributed by atoms with Crippen LogP contribution in [0.4, 0.5) is 4.39 Å². The van der Waals surface area contributed by atoms with Gasteiger partial charge in [0, 0.05) is 5.92 Å². The van der Waals surface area contributed by atoms with E-state index in [-0.39, 0.29) is 28.3 Å². The Hall–Kier alpha value is -0.370. The van der Waals surface area contributed by atoms with Crippen LogP contribution < -0.4 is 0 Å². The Bertz CT molecular complexity index is 241. The summed E-state index contributed by atoms with van der Waals surface area (Å²) in [5.74, 6) is -0.467. The second-order valence-corrected chi connectivity index (χ2v) is 4.25. The molecule has 0 aromatic rings. The van der Waals surface area contributed by atoms with Crippen LogP contribution in [0.3, 0.4) is 0 Å². The summed E-state index contributed by atoms with van der Waals surface area (Å²) in [6.45, 7) is 5.22. The maximum Gasteiger partial charge on any atom is 0.225 e. The van der Waals surface area contributed by atoms with Crippen molar-refractivity contribution in [3.05, 3.63) is 11.9 Å². The topological polar surface area (TPSA) is 17.1 Å². The van der Waals surface area contributed by atoms with Crippen molar-refractivity contribution in [2.24, 2.45) is 17.3 Å². The largest absolute Gasteiger partial charge is 0.281 e. The van der Waals surface area contributed by atoms with Gasteiger partial charge in [0.25, 0.3) is 0 Å². The van der Waals surface area contributed by atoms with Crippen LogP contribution in [-0.2, 0) is 4.79 Å². The molecule has 1 nitrogen and oxygen atoms in total. The minimum Gasteiger partial charge on any atom is -0.281 e. The molecule has 0 N–H and O–H groups in total. The van der Waals surface area contributed by atoms with Gasteiger partial charge in [-0.2, -0.15) is 0 Å². The second kappa shape index (κ2) is 2.84. The Balaban J connectivity index is 2.73. The number of rotatable bonds is 2. The Kier molecular flexibility index (Phi) is 2.30.